The van der Waals surface area contributed by atoms with Crippen LogP contribution >= 0.6 is 0 Å². The van der Waals surface area contributed by atoms with Gasteiger partial charge in [-0.3, -0.25) is 4.79 Å². The summed E-state index contributed by atoms with van der Waals surface area (Å²) in [5.74, 6) is -0.0828. The molecule has 2 rings (SSSR count). The van der Waals surface area contributed by atoms with Crippen LogP contribution in [0.25, 0.3) is 0 Å². The highest BCUT2D eigenvalue weighted by atomic mass is 19.4. The Hall–Kier alpha value is -2.50. The van der Waals surface area contributed by atoms with Gasteiger partial charge in [-0.15, -0.1) is 0 Å². The highest BCUT2D eigenvalue weighted by Gasteiger charge is 2.30. The zero-order valence-electron chi connectivity index (χ0n) is 13.8. The first kappa shape index (κ1) is 18.8. The molecule has 1 N–H and O–H groups in total. The van der Waals surface area contributed by atoms with Gasteiger partial charge in [0.25, 0.3) is 5.91 Å². The average molecular weight is 351 g/mol. The van der Waals surface area contributed by atoms with E-state index in [2.05, 4.69) is 5.32 Å². The number of benzene rings is 2. The first-order chi connectivity index (χ1) is 11.8. The minimum Gasteiger partial charge on any atom is -0.484 e. The van der Waals surface area contributed by atoms with Crippen molar-refractivity contribution in [2.24, 2.45) is 0 Å². The Balaban J connectivity index is 1.73. The predicted octanol–water partition coefficient (Wildman–Crippen LogP) is 4.22. The number of carbonyl (C=O) groups is 1. The molecule has 0 bridgehead atoms. The molecule has 2 aromatic carbocycles. The minimum absolute atomic E-state index is 0.0242. The Kier molecular flexibility index (Phi) is 6.44. The van der Waals surface area contributed by atoms with Crippen LogP contribution in [0.3, 0.4) is 0 Å². The van der Waals surface area contributed by atoms with E-state index in [0.29, 0.717) is 0 Å². The molecule has 0 aliphatic heterocycles. The SMILES string of the molecule is CC(CCc1ccccc1)NC(=O)COc1ccc(C(F)(F)F)cc1. The first-order valence-corrected chi connectivity index (χ1v) is 7.98. The van der Waals surface area contributed by atoms with Gasteiger partial charge in [-0.1, -0.05) is 30.3 Å². The molecule has 2 aromatic rings. The largest absolute Gasteiger partial charge is 0.484 e. The fourth-order valence-corrected chi connectivity index (χ4v) is 2.31. The number of hydrogen-bond donors (Lipinski definition) is 1. The topological polar surface area (TPSA) is 38.3 Å². The summed E-state index contributed by atoms with van der Waals surface area (Å²) in [4.78, 5) is 11.8. The lowest BCUT2D eigenvalue weighted by Gasteiger charge is -2.14. The van der Waals surface area contributed by atoms with Gasteiger partial charge in [0.15, 0.2) is 6.61 Å². The van der Waals surface area contributed by atoms with Crippen LogP contribution in [-0.4, -0.2) is 18.6 Å². The third kappa shape index (κ3) is 6.49. The van der Waals surface area contributed by atoms with Crippen LogP contribution in [0.2, 0.25) is 0 Å². The number of nitrogens with one attached hydrogen (secondary N) is 1. The van der Waals surface area contributed by atoms with Crippen molar-refractivity contribution in [2.75, 3.05) is 6.61 Å². The lowest BCUT2D eigenvalue weighted by Crippen LogP contribution is -2.36. The molecule has 1 amide bonds. The Morgan fingerprint density at radius 2 is 1.72 bits per heavy atom. The molecule has 0 spiro atoms. The maximum atomic E-state index is 12.5. The van der Waals surface area contributed by atoms with E-state index < -0.39 is 11.7 Å². The van der Waals surface area contributed by atoms with Crippen molar-refractivity contribution >= 4 is 5.91 Å². The average Bonchev–Trinajstić information content (AvgIpc) is 2.59. The molecule has 0 saturated heterocycles. The van der Waals surface area contributed by atoms with Crippen molar-refractivity contribution in [1.29, 1.82) is 0 Å². The first-order valence-electron chi connectivity index (χ1n) is 7.98. The van der Waals surface area contributed by atoms with Gasteiger partial charge in [-0.2, -0.15) is 13.2 Å². The summed E-state index contributed by atoms with van der Waals surface area (Å²) in [5, 5.41) is 2.81. The zero-order chi connectivity index (χ0) is 18.3. The molecule has 0 heterocycles. The Morgan fingerprint density at radius 3 is 2.32 bits per heavy atom. The molecule has 0 radical (unpaired) electrons. The number of hydrogen-bond acceptors (Lipinski definition) is 2. The maximum absolute atomic E-state index is 12.5. The number of carbonyl (C=O) groups excluding carboxylic acids is 1. The zero-order valence-corrected chi connectivity index (χ0v) is 13.8. The van der Waals surface area contributed by atoms with Gasteiger partial charge >= 0.3 is 6.18 Å². The van der Waals surface area contributed by atoms with E-state index in [4.69, 9.17) is 4.74 Å². The van der Waals surface area contributed by atoms with Crippen LogP contribution in [0, 0.1) is 0 Å². The van der Waals surface area contributed by atoms with Gasteiger partial charge < -0.3 is 10.1 Å². The number of halogens is 3. The van der Waals surface area contributed by atoms with Crippen molar-refractivity contribution in [1.82, 2.24) is 5.32 Å². The smallest absolute Gasteiger partial charge is 0.416 e. The van der Waals surface area contributed by atoms with E-state index in [-0.39, 0.29) is 24.3 Å². The van der Waals surface area contributed by atoms with E-state index in [9.17, 15) is 18.0 Å². The minimum atomic E-state index is -4.38. The van der Waals surface area contributed by atoms with Crippen LogP contribution in [-0.2, 0) is 17.4 Å². The molecule has 1 unspecified atom stereocenters. The normalized spacial score (nSPS) is 12.5. The standard InChI is InChI=1S/C19H20F3NO2/c1-14(7-8-15-5-3-2-4-6-15)23-18(24)13-25-17-11-9-16(10-12-17)19(20,21)22/h2-6,9-12,14H,7-8,13H2,1H3,(H,23,24). The lowest BCUT2D eigenvalue weighted by atomic mass is 10.1. The number of aryl methyl sites for hydroxylation is 1. The fourth-order valence-electron chi connectivity index (χ4n) is 2.31. The van der Waals surface area contributed by atoms with Gasteiger partial charge in [0, 0.05) is 6.04 Å². The Bertz CT molecular complexity index is 669. The molecule has 134 valence electrons. The summed E-state index contributed by atoms with van der Waals surface area (Å²) in [7, 11) is 0. The summed E-state index contributed by atoms with van der Waals surface area (Å²) >= 11 is 0. The molecule has 0 fully saturated rings. The van der Waals surface area contributed by atoms with E-state index >= 15 is 0 Å². The molecule has 0 aliphatic carbocycles. The number of amides is 1. The van der Waals surface area contributed by atoms with Crippen LogP contribution in [0.5, 0.6) is 5.75 Å². The van der Waals surface area contributed by atoms with E-state index in [1.54, 1.807) is 0 Å². The molecular weight excluding hydrogens is 331 g/mol. The monoisotopic (exact) mass is 351 g/mol. The van der Waals surface area contributed by atoms with Gasteiger partial charge in [-0.25, -0.2) is 0 Å². The van der Waals surface area contributed by atoms with Crippen molar-refractivity contribution in [3.05, 3.63) is 65.7 Å². The second-order valence-electron chi connectivity index (χ2n) is 5.80. The van der Waals surface area contributed by atoms with Gasteiger partial charge in [-0.05, 0) is 49.6 Å². The summed E-state index contributed by atoms with van der Waals surface area (Å²) < 4.78 is 42.6. The predicted molar refractivity (Wildman–Crippen MR) is 89.3 cm³/mol. The number of ether oxygens (including phenoxy) is 1. The molecule has 6 heteroatoms. The molecule has 25 heavy (non-hydrogen) atoms. The molecule has 0 aromatic heterocycles. The Labute approximate surface area is 144 Å². The van der Waals surface area contributed by atoms with Crippen LogP contribution in [0.15, 0.2) is 54.6 Å². The van der Waals surface area contributed by atoms with E-state index in [0.717, 1.165) is 25.0 Å². The third-order valence-corrected chi connectivity index (χ3v) is 3.67. The second kappa shape index (κ2) is 8.55. The van der Waals surface area contributed by atoms with Gasteiger partial charge in [0.1, 0.15) is 5.75 Å². The van der Waals surface area contributed by atoms with Crippen molar-refractivity contribution in [3.8, 4) is 5.75 Å². The third-order valence-electron chi connectivity index (χ3n) is 3.67. The van der Waals surface area contributed by atoms with Gasteiger partial charge in [0.05, 0.1) is 5.56 Å². The second-order valence-corrected chi connectivity index (χ2v) is 5.80. The van der Waals surface area contributed by atoms with Crippen molar-refractivity contribution in [3.63, 3.8) is 0 Å². The van der Waals surface area contributed by atoms with Gasteiger partial charge in [0.2, 0.25) is 0 Å². The number of rotatable bonds is 7. The molecule has 0 saturated carbocycles. The molecule has 1 atom stereocenters. The Morgan fingerprint density at radius 1 is 1.08 bits per heavy atom. The fraction of sp³-hybridized carbons (Fsp3) is 0.316. The summed E-state index contributed by atoms with van der Waals surface area (Å²) in [6.07, 6.45) is -2.75. The molecule has 0 aliphatic rings. The molecular formula is C19H20F3NO2. The lowest BCUT2D eigenvalue weighted by molar-refractivity contribution is -0.137. The highest BCUT2D eigenvalue weighted by molar-refractivity contribution is 5.77. The molecule has 3 nitrogen and oxygen atoms in total. The van der Waals surface area contributed by atoms with Crippen molar-refractivity contribution in [2.45, 2.75) is 32.0 Å². The summed E-state index contributed by atoms with van der Waals surface area (Å²) in [5.41, 5.74) is 0.448. The van der Waals surface area contributed by atoms with E-state index in [1.807, 2.05) is 37.3 Å². The summed E-state index contributed by atoms with van der Waals surface area (Å²) in [6, 6.07) is 14.2. The maximum Gasteiger partial charge on any atom is 0.416 e. The van der Waals surface area contributed by atoms with Crippen LogP contribution in [0.4, 0.5) is 13.2 Å². The highest BCUT2D eigenvalue weighted by Crippen LogP contribution is 2.30. The van der Waals surface area contributed by atoms with Crippen molar-refractivity contribution < 1.29 is 22.7 Å². The van der Waals surface area contributed by atoms with E-state index in [1.165, 1.54) is 17.7 Å². The van der Waals surface area contributed by atoms with Crippen LogP contribution < -0.4 is 10.1 Å². The summed E-state index contributed by atoms with van der Waals surface area (Å²) in [6.45, 7) is 1.67. The quantitative estimate of drug-likeness (QED) is 0.811. The van der Waals surface area contributed by atoms with Crippen LogP contribution in [0.1, 0.15) is 24.5 Å². The number of alkyl halides is 3.